The molecule has 0 aliphatic carbocycles. The zero-order chi connectivity index (χ0) is 13.8. The summed E-state index contributed by atoms with van der Waals surface area (Å²) in [5, 5.41) is 5.66. The van der Waals surface area contributed by atoms with Gasteiger partial charge in [-0.05, 0) is 24.6 Å². The van der Waals surface area contributed by atoms with Gasteiger partial charge in [-0.1, -0.05) is 22.0 Å². The van der Waals surface area contributed by atoms with Gasteiger partial charge in [-0.2, -0.15) is 0 Å². The van der Waals surface area contributed by atoms with Crippen LogP contribution >= 0.6 is 15.9 Å². The molecule has 1 aromatic heterocycles. The van der Waals surface area contributed by atoms with Crippen LogP contribution in [0.15, 0.2) is 35.1 Å². The van der Waals surface area contributed by atoms with Crippen molar-refractivity contribution in [3.63, 3.8) is 0 Å². The minimum Gasteiger partial charge on any atom is -0.372 e. The van der Waals surface area contributed by atoms with Gasteiger partial charge >= 0.3 is 0 Å². The quantitative estimate of drug-likeness (QED) is 0.912. The van der Waals surface area contributed by atoms with Crippen LogP contribution in [0.4, 0.5) is 11.5 Å². The van der Waals surface area contributed by atoms with Crippen LogP contribution in [-0.4, -0.2) is 22.9 Å². The molecule has 1 aromatic carbocycles. The van der Waals surface area contributed by atoms with Crippen LogP contribution in [0.5, 0.6) is 0 Å². The first kappa shape index (κ1) is 13.5. The van der Waals surface area contributed by atoms with Gasteiger partial charge in [0.25, 0.3) is 5.91 Å². The summed E-state index contributed by atoms with van der Waals surface area (Å²) in [6.07, 6.45) is 2.96. The van der Waals surface area contributed by atoms with E-state index in [2.05, 4.69) is 36.5 Å². The average Bonchev–Trinajstić information content (AvgIpc) is 2.43. The Morgan fingerprint density at radius 1 is 1.26 bits per heavy atom. The van der Waals surface area contributed by atoms with Crippen LogP contribution < -0.4 is 10.6 Å². The minimum atomic E-state index is -0.281. The third-order valence-corrected chi connectivity index (χ3v) is 3.08. The van der Waals surface area contributed by atoms with E-state index < -0.39 is 0 Å². The summed E-state index contributed by atoms with van der Waals surface area (Å²) in [4.78, 5) is 20.1. The molecule has 0 atom stereocenters. The monoisotopic (exact) mass is 320 g/mol. The van der Waals surface area contributed by atoms with E-state index in [0.29, 0.717) is 5.82 Å². The van der Waals surface area contributed by atoms with E-state index in [1.54, 1.807) is 7.05 Å². The maximum atomic E-state index is 12.0. The van der Waals surface area contributed by atoms with E-state index >= 15 is 0 Å². The van der Waals surface area contributed by atoms with Gasteiger partial charge in [-0.25, -0.2) is 9.97 Å². The molecule has 98 valence electrons. The first-order valence-electron chi connectivity index (χ1n) is 5.67. The fourth-order valence-electron chi connectivity index (χ4n) is 1.49. The Hall–Kier alpha value is -1.95. The molecule has 0 fully saturated rings. The van der Waals surface area contributed by atoms with Gasteiger partial charge in [-0.3, -0.25) is 4.79 Å². The number of rotatable bonds is 3. The zero-order valence-electron chi connectivity index (χ0n) is 10.6. The van der Waals surface area contributed by atoms with Crippen molar-refractivity contribution in [2.24, 2.45) is 0 Å². The van der Waals surface area contributed by atoms with Crippen molar-refractivity contribution in [3.8, 4) is 0 Å². The van der Waals surface area contributed by atoms with Crippen LogP contribution in [0.2, 0.25) is 0 Å². The molecule has 5 nitrogen and oxygen atoms in total. The Morgan fingerprint density at radius 3 is 2.68 bits per heavy atom. The Bertz CT molecular complexity index is 598. The van der Waals surface area contributed by atoms with Crippen LogP contribution in [0.1, 0.15) is 16.1 Å². The van der Waals surface area contributed by atoms with Crippen LogP contribution in [0, 0.1) is 6.92 Å². The largest absolute Gasteiger partial charge is 0.372 e. The second-order valence-corrected chi connectivity index (χ2v) is 4.87. The summed E-state index contributed by atoms with van der Waals surface area (Å²) < 4.78 is 0.907. The molecule has 0 bridgehead atoms. The Labute approximate surface area is 119 Å². The second kappa shape index (κ2) is 5.79. The number of aromatic nitrogens is 2. The van der Waals surface area contributed by atoms with Gasteiger partial charge in [0, 0.05) is 17.2 Å². The molecule has 1 heterocycles. The molecule has 0 aliphatic rings. The molecule has 19 heavy (non-hydrogen) atoms. The molecular formula is C13H13BrN4O. The molecule has 0 radical (unpaired) electrons. The maximum absolute atomic E-state index is 12.0. The summed E-state index contributed by atoms with van der Waals surface area (Å²) >= 11 is 3.37. The summed E-state index contributed by atoms with van der Waals surface area (Å²) in [5.74, 6) is 0.339. The number of halogens is 1. The lowest BCUT2D eigenvalue weighted by Gasteiger charge is -2.08. The molecule has 2 N–H and O–H groups in total. The lowest BCUT2D eigenvalue weighted by Crippen LogP contribution is -2.15. The summed E-state index contributed by atoms with van der Waals surface area (Å²) in [6, 6.07) is 5.70. The number of carbonyl (C=O) groups excluding carboxylic acids is 1. The van der Waals surface area contributed by atoms with Gasteiger partial charge in [0.1, 0.15) is 11.5 Å². The van der Waals surface area contributed by atoms with Gasteiger partial charge in [-0.15, -0.1) is 0 Å². The number of benzene rings is 1. The van der Waals surface area contributed by atoms with Crippen molar-refractivity contribution in [3.05, 3.63) is 46.3 Å². The molecular weight excluding hydrogens is 308 g/mol. The number of nitrogens with one attached hydrogen (secondary N) is 2. The van der Waals surface area contributed by atoms with Gasteiger partial charge < -0.3 is 10.6 Å². The number of aryl methyl sites for hydroxylation is 1. The summed E-state index contributed by atoms with van der Waals surface area (Å²) in [7, 11) is 1.74. The number of nitrogens with zero attached hydrogens (tertiary/aromatic N) is 2. The first-order valence-corrected chi connectivity index (χ1v) is 6.47. The summed E-state index contributed by atoms with van der Waals surface area (Å²) in [6.45, 7) is 1.93. The van der Waals surface area contributed by atoms with Gasteiger partial charge in [0.05, 0.1) is 12.4 Å². The van der Waals surface area contributed by atoms with Crippen molar-refractivity contribution < 1.29 is 4.79 Å². The highest BCUT2D eigenvalue weighted by atomic mass is 79.9. The molecule has 0 saturated heterocycles. The Morgan fingerprint density at radius 2 is 2.05 bits per heavy atom. The van der Waals surface area contributed by atoms with Crippen LogP contribution in [-0.2, 0) is 0 Å². The van der Waals surface area contributed by atoms with E-state index in [1.165, 1.54) is 12.4 Å². The molecule has 1 amide bonds. The van der Waals surface area contributed by atoms with E-state index in [-0.39, 0.29) is 11.6 Å². The Balaban J connectivity index is 2.18. The standard InChI is InChI=1S/C13H13BrN4O/c1-8-3-4-9(14)5-10(8)18-13(19)11-6-17-12(15-2)7-16-11/h3-7H,1-2H3,(H,15,17)(H,18,19). The van der Waals surface area contributed by atoms with Crippen molar-refractivity contribution in [2.45, 2.75) is 6.92 Å². The van der Waals surface area contributed by atoms with Gasteiger partial charge in [0.15, 0.2) is 0 Å². The highest BCUT2D eigenvalue weighted by Gasteiger charge is 2.10. The highest BCUT2D eigenvalue weighted by molar-refractivity contribution is 9.10. The third-order valence-electron chi connectivity index (χ3n) is 2.59. The molecule has 2 rings (SSSR count). The maximum Gasteiger partial charge on any atom is 0.275 e. The van der Waals surface area contributed by atoms with Crippen LogP contribution in [0.25, 0.3) is 0 Å². The van der Waals surface area contributed by atoms with Gasteiger partial charge in [0.2, 0.25) is 0 Å². The number of carbonyl (C=O) groups is 1. The molecule has 2 aromatic rings. The fourth-order valence-corrected chi connectivity index (χ4v) is 1.85. The van der Waals surface area contributed by atoms with E-state index in [0.717, 1.165) is 15.7 Å². The molecule has 0 unspecified atom stereocenters. The summed E-state index contributed by atoms with van der Waals surface area (Å²) in [5.41, 5.74) is 2.01. The number of hydrogen-bond acceptors (Lipinski definition) is 4. The van der Waals surface area contributed by atoms with Crippen molar-refractivity contribution in [2.75, 3.05) is 17.7 Å². The SMILES string of the molecule is CNc1cnc(C(=O)Nc2cc(Br)ccc2C)cn1. The smallest absolute Gasteiger partial charge is 0.275 e. The molecule has 0 spiro atoms. The van der Waals surface area contributed by atoms with Crippen molar-refractivity contribution in [1.82, 2.24) is 9.97 Å². The lowest BCUT2D eigenvalue weighted by atomic mass is 10.2. The third kappa shape index (κ3) is 3.29. The second-order valence-electron chi connectivity index (χ2n) is 3.95. The predicted octanol–water partition coefficient (Wildman–Crippen LogP) is 2.84. The normalized spacial score (nSPS) is 10.1. The topological polar surface area (TPSA) is 66.9 Å². The van der Waals surface area contributed by atoms with Crippen molar-refractivity contribution >= 4 is 33.3 Å². The molecule has 0 aliphatic heterocycles. The average molecular weight is 321 g/mol. The van der Waals surface area contributed by atoms with E-state index in [1.807, 2.05) is 25.1 Å². The molecule has 6 heteroatoms. The number of hydrogen-bond donors (Lipinski definition) is 2. The lowest BCUT2D eigenvalue weighted by molar-refractivity contribution is 0.102. The van der Waals surface area contributed by atoms with E-state index in [9.17, 15) is 4.79 Å². The Kier molecular flexibility index (Phi) is 4.11. The first-order chi connectivity index (χ1) is 9.10. The van der Waals surface area contributed by atoms with Crippen LogP contribution in [0.3, 0.4) is 0 Å². The number of anilines is 2. The minimum absolute atomic E-state index is 0.276. The zero-order valence-corrected chi connectivity index (χ0v) is 12.2. The predicted molar refractivity (Wildman–Crippen MR) is 78.4 cm³/mol. The van der Waals surface area contributed by atoms with E-state index in [4.69, 9.17) is 0 Å². The number of amides is 1. The molecule has 0 saturated carbocycles. The highest BCUT2D eigenvalue weighted by Crippen LogP contribution is 2.21. The van der Waals surface area contributed by atoms with Crippen molar-refractivity contribution in [1.29, 1.82) is 0 Å². The fraction of sp³-hybridized carbons (Fsp3) is 0.154.